The van der Waals surface area contributed by atoms with E-state index in [0.29, 0.717) is 0 Å². The van der Waals surface area contributed by atoms with Gasteiger partial charge in [0, 0.05) is 12.7 Å². The van der Waals surface area contributed by atoms with Crippen LogP contribution in [0.4, 0.5) is 5.82 Å². The number of hydrogen-bond donors (Lipinski definition) is 2. The van der Waals surface area contributed by atoms with Crippen LogP contribution in [0.5, 0.6) is 0 Å². The standard InChI is InChI=1S/C6H10N2.2C2H6/c1-5-3-4-6(7-2)8-5;2*1-2/h3-4,7-8H,1-2H3;2*1-2H3. The Morgan fingerprint density at radius 2 is 1.58 bits per heavy atom. The predicted octanol–water partition coefficient (Wildman–Crippen LogP) is 3.42. The summed E-state index contributed by atoms with van der Waals surface area (Å²) in [6.45, 7) is 10.0. The molecule has 2 N–H and O–H groups in total. The van der Waals surface area contributed by atoms with Gasteiger partial charge in [0.25, 0.3) is 0 Å². The molecule has 0 aliphatic rings. The van der Waals surface area contributed by atoms with Crippen LogP contribution in [-0.4, -0.2) is 12.0 Å². The van der Waals surface area contributed by atoms with Crippen molar-refractivity contribution in [2.45, 2.75) is 34.6 Å². The minimum Gasteiger partial charge on any atom is -0.375 e. The lowest BCUT2D eigenvalue weighted by molar-refractivity contribution is 1.25. The van der Waals surface area contributed by atoms with Crippen LogP contribution in [0.1, 0.15) is 33.4 Å². The summed E-state index contributed by atoms with van der Waals surface area (Å²) in [4.78, 5) is 3.11. The second kappa shape index (κ2) is 10.1. The highest BCUT2D eigenvalue weighted by Crippen LogP contribution is 2.03. The summed E-state index contributed by atoms with van der Waals surface area (Å²) in [5.74, 6) is 1.07. The van der Waals surface area contributed by atoms with Crippen LogP contribution in [0.25, 0.3) is 0 Å². The molecule has 0 atom stereocenters. The second-order valence-electron chi connectivity index (χ2n) is 1.81. The number of aryl methyl sites for hydroxylation is 1. The van der Waals surface area contributed by atoms with E-state index in [9.17, 15) is 0 Å². The lowest BCUT2D eigenvalue weighted by Crippen LogP contribution is -1.85. The highest BCUT2D eigenvalue weighted by molar-refractivity contribution is 5.35. The molecule has 0 aliphatic carbocycles. The Balaban J connectivity index is 0. The molecule has 72 valence electrons. The van der Waals surface area contributed by atoms with Crippen molar-refractivity contribution in [2.75, 3.05) is 12.4 Å². The summed E-state index contributed by atoms with van der Waals surface area (Å²) < 4.78 is 0. The quantitative estimate of drug-likeness (QED) is 0.664. The Morgan fingerprint density at radius 3 is 1.75 bits per heavy atom. The number of rotatable bonds is 1. The summed E-state index contributed by atoms with van der Waals surface area (Å²) in [6.07, 6.45) is 0. The molecule has 1 heterocycles. The van der Waals surface area contributed by atoms with Crippen LogP contribution >= 0.6 is 0 Å². The molecule has 0 unspecified atom stereocenters. The zero-order valence-electron chi connectivity index (χ0n) is 9.15. The Hall–Kier alpha value is -0.920. The number of aromatic amines is 1. The van der Waals surface area contributed by atoms with Crippen LogP contribution in [0.2, 0.25) is 0 Å². The molecule has 0 aliphatic heterocycles. The molecule has 12 heavy (non-hydrogen) atoms. The topological polar surface area (TPSA) is 27.8 Å². The van der Waals surface area contributed by atoms with Gasteiger partial charge >= 0.3 is 0 Å². The molecule has 2 nitrogen and oxygen atoms in total. The van der Waals surface area contributed by atoms with E-state index in [1.807, 2.05) is 53.8 Å². The van der Waals surface area contributed by atoms with Gasteiger partial charge in [-0.25, -0.2) is 0 Å². The third kappa shape index (κ3) is 5.83. The predicted molar refractivity (Wildman–Crippen MR) is 57.8 cm³/mol. The van der Waals surface area contributed by atoms with E-state index in [0.717, 1.165) is 5.82 Å². The van der Waals surface area contributed by atoms with Crippen molar-refractivity contribution in [1.29, 1.82) is 0 Å². The van der Waals surface area contributed by atoms with Crippen LogP contribution in [0.3, 0.4) is 0 Å². The summed E-state index contributed by atoms with van der Waals surface area (Å²) in [5.41, 5.74) is 1.19. The second-order valence-corrected chi connectivity index (χ2v) is 1.81. The molecule has 0 saturated heterocycles. The molecule has 0 aromatic carbocycles. The van der Waals surface area contributed by atoms with Gasteiger partial charge in [-0.2, -0.15) is 0 Å². The summed E-state index contributed by atoms with van der Waals surface area (Å²) in [7, 11) is 1.89. The minimum atomic E-state index is 1.07. The smallest absolute Gasteiger partial charge is 0.103 e. The number of anilines is 1. The minimum absolute atomic E-state index is 1.07. The van der Waals surface area contributed by atoms with Crippen molar-refractivity contribution in [3.05, 3.63) is 17.8 Å². The molecule has 2 heteroatoms. The fraction of sp³-hybridized carbons (Fsp3) is 0.600. The van der Waals surface area contributed by atoms with Crippen molar-refractivity contribution in [2.24, 2.45) is 0 Å². The molecule has 0 amide bonds. The first-order valence-electron chi connectivity index (χ1n) is 4.66. The normalized spacial score (nSPS) is 7.17. The van der Waals surface area contributed by atoms with E-state index < -0.39 is 0 Å². The Morgan fingerprint density at radius 1 is 1.08 bits per heavy atom. The molecular weight excluding hydrogens is 148 g/mol. The maximum absolute atomic E-state index is 3.11. The lowest BCUT2D eigenvalue weighted by Gasteiger charge is -1.89. The number of H-pyrrole nitrogens is 1. The molecule has 0 fully saturated rings. The first kappa shape index (κ1) is 13.7. The first-order valence-corrected chi connectivity index (χ1v) is 4.66. The van der Waals surface area contributed by atoms with Crippen LogP contribution in [0.15, 0.2) is 12.1 Å². The van der Waals surface area contributed by atoms with Gasteiger partial charge in [-0.3, -0.25) is 0 Å². The van der Waals surface area contributed by atoms with Crippen LogP contribution in [0, 0.1) is 6.92 Å². The zero-order valence-corrected chi connectivity index (χ0v) is 9.15. The molecule has 0 bridgehead atoms. The third-order valence-corrected chi connectivity index (χ3v) is 1.10. The fourth-order valence-corrected chi connectivity index (χ4v) is 0.650. The molecule has 0 spiro atoms. The number of aromatic nitrogens is 1. The van der Waals surface area contributed by atoms with E-state index >= 15 is 0 Å². The van der Waals surface area contributed by atoms with Crippen molar-refractivity contribution >= 4 is 5.82 Å². The average Bonchev–Trinajstić information content (AvgIpc) is 2.58. The Bertz CT molecular complexity index is 168. The van der Waals surface area contributed by atoms with Gasteiger partial charge in [0.05, 0.1) is 0 Å². The maximum atomic E-state index is 3.11. The van der Waals surface area contributed by atoms with Gasteiger partial charge in [0.1, 0.15) is 5.82 Å². The van der Waals surface area contributed by atoms with E-state index in [4.69, 9.17) is 0 Å². The SMILES string of the molecule is CC.CC.CNc1ccc(C)[nH]1. The van der Waals surface area contributed by atoms with Gasteiger partial charge in [-0.05, 0) is 19.1 Å². The number of nitrogens with one attached hydrogen (secondary N) is 2. The largest absolute Gasteiger partial charge is 0.375 e. The number of hydrogen-bond acceptors (Lipinski definition) is 1. The van der Waals surface area contributed by atoms with E-state index in [2.05, 4.69) is 10.3 Å². The third-order valence-electron chi connectivity index (χ3n) is 1.10. The van der Waals surface area contributed by atoms with Gasteiger partial charge in [-0.1, -0.05) is 27.7 Å². The van der Waals surface area contributed by atoms with Gasteiger partial charge in [0.2, 0.25) is 0 Å². The van der Waals surface area contributed by atoms with Crippen LogP contribution < -0.4 is 5.32 Å². The monoisotopic (exact) mass is 170 g/mol. The van der Waals surface area contributed by atoms with Crippen LogP contribution in [-0.2, 0) is 0 Å². The van der Waals surface area contributed by atoms with Gasteiger partial charge in [-0.15, -0.1) is 0 Å². The summed E-state index contributed by atoms with van der Waals surface area (Å²) in [5, 5.41) is 2.99. The molecule has 1 rings (SSSR count). The molecular formula is C10H22N2. The van der Waals surface area contributed by atoms with Crippen molar-refractivity contribution in [3.63, 3.8) is 0 Å². The molecule has 0 saturated carbocycles. The maximum Gasteiger partial charge on any atom is 0.103 e. The Labute approximate surface area is 76.4 Å². The zero-order chi connectivity index (χ0) is 9.98. The average molecular weight is 170 g/mol. The molecule has 1 aromatic heterocycles. The van der Waals surface area contributed by atoms with Gasteiger partial charge < -0.3 is 10.3 Å². The van der Waals surface area contributed by atoms with Crippen molar-refractivity contribution < 1.29 is 0 Å². The fourth-order valence-electron chi connectivity index (χ4n) is 0.650. The van der Waals surface area contributed by atoms with E-state index in [1.54, 1.807) is 0 Å². The van der Waals surface area contributed by atoms with Crippen molar-refractivity contribution in [1.82, 2.24) is 4.98 Å². The van der Waals surface area contributed by atoms with E-state index in [-0.39, 0.29) is 0 Å². The summed E-state index contributed by atoms with van der Waals surface area (Å²) >= 11 is 0. The first-order chi connectivity index (χ1) is 5.83. The molecule has 1 aromatic rings. The van der Waals surface area contributed by atoms with Crippen molar-refractivity contribution in [3.8, 4) is 0 Å². The lowest BCUT2D eigenvalue weighted by atomic mass is 10.5. The highest BCUT2D eigenvalue weighted by Gasteiger charge is 1.86. The van der Waals surface area contributed by atoms with E-state index in [1.165, 1.54) is 5.69 Å². The van der Waals surface area contributed by atoms with Gasteiger partial charge in [0.15, 0.2) is 0 Å². The summed E-state index contributed by atoms with van der Waals surface area (Å²) in [6, 6.07) is 4.04. The highest BCUT2D eigenvalue weighted by atomic mass is 15.0. The Kier molecular flexibility index (Phi) is 11.5. The molecule has 0 radical (unpaired) electrons.